The zero-order chi connectivity index (χ0) is 14.5. The number of benzene rings is 1. The van der Waals surface area contributed by atoms with Gasteiger partial charge in [0.1, 0.15) is 5.75 Å². The average molecular weight is 278 g/mol. The molecule has 0 radical (unpaired) electrons. The van der Waals surface area contributed by atoms with Crippen molar-refractivity contribution in [1.82, 2.24) is 4.90 Å². The molecule has 0 aliphatic carbocycles. The van der Waals surface area contributed by atoms with Gasteiger partial charge in [-0.05, 0) is 38.0 Å². The zero-order valence-electron chi connectivity index (χ0n) is 12.7. The second kappa shape index (κ2) is 7.07. The van der Waals surface area contributed by atoms with Gasteiger partial charge in [-0.3, -0.25) is 4.90 Å². The van der Waals surface area contributed by atoms with Crippen LogP contribution in [0.1, 0.15) is 31.9 Å². The van der Waals surface area contributed by atoms with E-state index in [4.69, 9.17) is 15.2 Å². The maximum absolute atomic E-state index is 6.28. The molecule has 1 fully saturated rings. The van der Waals surface area contributed by atoms with Gasteiger partial charge in [-0.15, -0.1) is 0 Å². The van der Waals surface area contributed by atoms with Crippen molar-refractivity contribution in [1.29, 1.82) is 0 Å². The highest BCUT2D eigenvalue weighted by atomic mass is 16.5. The Labute approximate surface area is 121 Å². The molecule has 2 N–H and O–H groups in total. The van der Waals surface area contributed by atoms with Gasteiger partial charge in [0.2, 0.25) is 0 Å². The van der Waals surface area contributed by atoms with Crippen LogP contribution in [0.2, 0.25) is 0 Å². The summed E-state index contributed by atoms with van der Waals surface area (Å²) >= 11 is 0. The summed E-state index contributed by atoms with van der Waals surface area (Å²) in [5.41, 5.74) is 7.54. The molecule has 0 saturated carbocycles. The molecule has 1 aromatic carbocycles. The molecule has 1 aliphatic heterocycles. The number of likely N-dealkylation sites (tertiary alicyclic amines) is 1. The fraction of sp³-hybridized carbons (Fsp3) is 0.625. The van der Waals surface area contributed by atoms with Crippen LogP contribution >= 0.6 is 0 Å². The van der Waals surface area contributed by atoms with Gasteiger partial charge >= 0.3 is 0 Å². The molecule has 112 valence electrons. The van der Waals surface area contributed by atoms with E-state index in [1.807, 2.05) is 26.0 Å². The average Bonchev–Trinajstić information content (AvgIpc) is 2.78. The third-order valence-corrected chi connectivity index (χ3v) is 3.72. The topological polar surface area (TPSA) is 47.7 Å². The molecule has 20 heavy (non-hydrogen) atoms. The first kappa shape index (κ1) is 15.3. The maximum Gasteiger partial charge on any atom is 0.119 e. The van der Waals surface area contributed by atoms with Crippen molar-refractivity contribution in [2.45, 2.75) is 38.5 Å². The predicted molar refractivity (Wildman–Crippen MR) is 81.0 cm³/mol. The first-order valence-electron chi connectivity index (χ1n) is 7.37. The standard InChI is InChI=1S/C16H26N2O2/c1-12(2)20-14-6-4-13(5-7-14)16-15(17)8-9-18(16)10-11-19-3/h4-7,12,15-16H,8-11,17H2,1-3H3. The monoisotopic (exact) mass is 278 g/mol. The van der Waals surface area contributed by atoms with Crippen molar-refractivity contribution in [2.24, 2.45) is 5.73 Å². The van der Waals surface area contributed by atoms with Crippen molar-refractivity contribution in [3.05, 3.63) is 29.8 Å². The number of hydrogen-bond donors (Lipinski definition) is 1. The summed E-state index contributed by atoms with van der Waals surface area (Å²) in [5, 5.41) is 0. The SMILES string of the molecule is COCCN1CCC(N)C1c1ccc(OC(C)C)cc1. The summed E-state index contributed by atoms with van der Waals surface area (Å²) in [5.74, 6) is 0.916. The van der Waals surface area contributed by atoms with Crippen molar-refractivity contribution < 1.29 is 9.47 Å². The zero-order valence-corrected chi connectivity index (χ0v) is 12.7. The normalized spacial score (nSPS) is 23.4. The molecule has 2 atom stereocenters. The summed E-state index contributed by atoms with van der Waals surface area (Å²) in [6.45, 7) is 6.79. The highest BCUT2D eigenvalue weighted by Crippen LogP contribution is 2.31. The van der Waals surface area contributed by atoms with Crippen LogP contribution in [0.15, 0.2) is 24.3 Å². The molecule has 1 saturated heterocycles. The Morgan fingerprint density at radius 1 is 1.30 bits per heavy atom. The Morgan fingerprint density at radius 3 is 2.60 bits per heavy atom. The number of nitrogens with two attached hydrogens (primary N) is 1. The molecule has 0 bridgehead atoms. The Balaban J connectivity index is 2.07. The van der Waals surface area contributed by atoms with Crippen LogP contribution in [0.5, 0.6) is 5.75 Å². The van der Waals surface area contributed by atoms with Gasteiger partial charge in [-0.2, -0.15) is 0 Å². The fourth-order valence-corrected chi connectivity index (χ4v) is 2.82. The van der Waals surface area contributed by atoms with E-state index in [-0.39, 0.29) is 12.1 Å². The third kappa shape index (κ3) is 3.72. The van der Waals surface area contributed by atoms with Gasteiger partial charge in [0.15, 0.2) is 0 Å². The number of ether oxygens (including phenoxy) is 2. The summed E-state index contributed by atoms with van der Waals surface area (Å²) < 4.78 is 10.9. The summed E-state index contributed by atoms with van der Waals surface area (Å²) in [6, 6.07) is 8.83. The largest absolute Gasteiger partial charge is 0.491 e. The second-order valence-electron chi connectivity index (χ2n) is 5.66. The van der Waals surface area contributed by atoms with Crippen LogP contribution in [0.3, 0.4) is 0 Å². The van der Waals surface area contributed by atoms with E-state index in [0.717, 1.165) is 31.9 Å². The molecule has 0 amide bonds. The van der Waals surface area contributed by atoms with Crippen molar-refractivity contribution in [3.8, 4) is 5.75 Å². The summed E-state index contributed by atoms with van der Waals surface area (Å²) in [4.78, 5) is 2.41. The molecule has 2 unspecified atom stereocenters. The molecule has 1 heterocycles. The lowest BCUT2D eigenvalue weighted by molar-refractivity contribution is 0.139. The first-order valence-corrected chi connectivity index (χ1v) is 7.37. The lowest BCUT2D eigenvalue weighted by Crippen LogP contribution is -2.33. The van der Waals surface area contributed by atoms with Gasteiger partial charge < -0.3 is 15.2 Å². The molecule has 1 aromatic rings. The smallest absolute Gasteiger partial charge is 0.119 e. The van der Waals surface area contributed by atoms with Gasteiger partial charge in [0, 0.05) is 26.2 Å². The molecular formula is C16H26N2O2. The predicted octanol–water partition coefficient (Wildman–Crippen LogP) is 2.19. The minimum absolute atomic E-state index is 0.198. The first-order chi connectivity index (χ1) is 9.61. The Kier molecular flexibility index (Phi) is 5.40. The molecule has 1 aliphatic rings. The lowest BCUT2D eigenvalue weighted by Gasteiger charge is -2.27. The number of hydrogen-bond acceptors (Lipinski definition) is 4. The van der Waals surface area contributed by atoms with Gasteiger partial charge in [-0.25, -0.2) is 0 Å². The number of methoxy groups -OCH3 is 1. The van der Waals surface area contributed by atoms with Crippen LogP contribution in [0.4, 0.5) is 0 Å². The van der Waals surface area contributed by atoms with E-state index in [1.54, 1.807) is 7.11 Å². The van der Waals surface area contributed by atoms with Crippen LogP contribution in [0.25, 0.3) is 0 Å². The summed E-state index contributed by atoms with van der Waals surface area (Å²) in [7, 11) is 1.74. The Hall–Kier alpha value is -1.10. The van der Waals surface area contributed by atoms with Gasteiger partial charge in [0.05, 0.1) is 18.8 Å². The minimum Gasteiger partial charge on any atom is -0.491 e. The van der Waals surface area contributed by atoms with Crippen molar-refractivity contribution >= 4 is 0 Å². The second-order valence-corrected chi connectivity index (χ2v) is 5.66. The van der Waals surface area contributed by atoms with E-state index in [2.05, 4.69) is 17.0 Å². The van der Waals surface area contributed by atoms with Gasteiger partial charge in [0.25, 0.3) is 0 Å². The van der Waals surface area contributed by atoms with E-state index >= 15 is 0 Å². The number of rotatable bonds is 6. The highest BCUT2D eigenvalue weighted by Gasteiger charge is 2.32. The van der Waals surface area contributed by atoms with Gasteiger partial charge in [-0.1, -0.05) is 12.1 Å². The lowest BCUT2D eigenvalue weighted by atomic mass is 10.0. The summed E-state index contributed by atoms with van der Waals surface area (Å²) in [6.07, 6.45) is 1.24. The molecule has 0 aromatic heterocycles. The van der Waals surface area contributed by atoms with E-state index in [0.29, 0.717) is 6.04 Å². The van der Waals surface area contributed by atoms with Crippen molar-refractivity contribution in [3.63, 3.8) is 0 Å². The Bertz CT molecular complexity index is 405. The van der Waals surface area contributed by atoms with Crippen LogP contribution in [-0.4, -0.2) is 43.9 Å². The van der Waals surface area contributed by atoms with Crippen LogP contribution in [-0.2, 0) is 4.74 Å². The quantitative estimate of drug-likeness (QED) is 0.866. The maximum atomic E-state index is 6.28. The van der Waals surface area contributed by atoms with E-state index in [9.17, 15) is 0 Å². The van der Waals surface area contributed by atoms with Crippen molar-refractivity contribution in [2.75, 3.05) is 26.8 Å². The molecule has 4 heteroatoms. The molecule has 0 spiro atoms. The highest BCUT2D eigenvalue weighted by molar-refractivity contribution is 5.30. The molecule has 2 rings (SSSR count). The third-order valence-electron chi connectivity index (χ3n) is 3.72. The number of nitrogens with zero attached hydrogens (tertiary/aromatic N) is 1. The van der Waals surface area contributed by atoms with E-state index in [1.165, 1.54) is 5.56 Å². The molecule has 4 nitrogen and oxygen atoms in total. The van der Waals surface area contributed by atoms with Crippen LogP contribution in [0, 0.1) is 0 Å². The van der Waals surface area contributed by atoms with E-state index < -0.39 is 0 Å². The molecular weight excluding hydrogens is 252 g/mol. The van der Waals surface area contributed by atoms with Crippen LogP contribution < -0.4 is 10.5 Å². The fourth-order valence-electron chi connectivity index (χ4n) is 2.82. The Morgan fingerprint density at radius 2 is 2.00 bits per heavy atom. The minimum atomic E-state index is 0.198.